The fraction of sp³-hybridized carbons (Fsp3) is 0. The Kier molecular flexibility index (Phi) is 5.38. The monoisotopic (exact) mass is 452 g/mol. The van der Waals surface area contributed by atoms with Crippen molar-refractivity contribution in [2.75, 3.05) is 0 Å². The van der Waals surface area contributed by atoms with Gasteiger partial charge in [0.2, 0.25) is 0 Å². The predicted octanol–water partition coefficient (Wildman–Crippen LogP) is 6.65. The molecule has 0 saturated carbocycles. The zero-order chi connectivity index (χ0) is 22.8. The summed E-state index contributed by atoms with van der Waals surface area (Å²) in [6.07, 6.45) is 2.47. The van der Waals surface area contributed by atoms with E-state index in [-0.39, 0.29) is 0 Å². The second-order valence-corrected chi connectivity index (χ2v) is 11.9. The standard InChI is InChI=1S/C33H25P/c1-5-15-26(16-6-1)32-25-33(31-24-14-13-23-30(31)32)34(27-17-7-2-8-18-27,28-19-9-3-10-20-28)29-21-11-4-12-22-29/h1-25H. The van der Waals surface area contributed by atoms with Crippen LogP contribution in [-0.2, 0) is 0 Å². The van der Waals surface area contributed by atoms with Crippen molar-refractivity contribution in [2.45, 2.75) is 0 Å². The van der Waals surface area contributed by atoms with Crippen molar-refractivity contribution in [3.05, 3.63) is 168 Å². The van der Waals surface area contributed by atoms with Gasteiger partial charge in [-0.25, -0.2) is 0 Å². The van der Waals surface area contributed by atoms with Crippen LogP contribution in [0.3, 0.4) is 0 Å². The van der Waals surface area contributed by atoms with Crippen LogP contribution in [0.2, 0.25) is 0 Å². The van der Waals surface area contributed by atoms with E-state index in [9.17, 15) is 0 Å². The van der Waals surface area contributed by atoms with E-state index in [0.717, 1.165) is 0 Å². The number of rotatable bonds is 4. The molecule has 0 radical (unpaired) electrons. The summed E-state index contributed by atoms with van der Waals surface area (Å²) in [4.78, 5) is 0. The van der Waals surface area contributed by atoms with Gasteiger partial charge in [-0.15, -0.1) is 0 Å². The molecule has 0 spiro atoms. The van der Waals surface area contributed by atoms with Crippen LogP contribution >= 0.6 is 6.89 Å². The average molecular weight is 453 g/mol. The molecule has 1 heteroatoms. The average Bonchev–Trinajstić information content (AvgIpc) is 3.32. The molecule has 0 nitrogen and oxygen atoms in total. The molecular weight excluding hydrogens is 427 g/mol. The fourth-order valence-electron chi connectivity index (χ4n) is 5.19. The van der Waals surface area contributed by atoms with E-state index >= 15 is 0 Å². The van der Waals surface area contributed by atoms with Gasteiger partial charge >= 0.3 is 0 Å². The molecule has 0 atom stereocenters. The first-order chi connectivity index (χ1) is 16.9. The van der Waals surface area contributed by atoms with Crippen molar-refractivity contribution >= 4 is 33.7 Å². The van der Waals surface area contributed by atoms with Gasteiger partial charge in [0, 0.05) is 0 Å². The molecule has 0 bridgehead atoms. The van der Waals surface area contributed by atoms with Gasteiger partial charge in [0.05, 0.1) is 0 Å². The Morgan fingerprint density at radius 1 is 0.353 bits per heavy atom. The number of hydrogen-bond acceptors (Lipinski definition) is 0. The van der Waals surface area contributed by atoms with Crippen LogP contribution in [0, 0.1) is 0 Å². The Labute approximate surface area is 201 Å². The van der Waals surface area contributed by atoms with E-state index in [2.05, 4.69) is 152 Å². The van der Waals surface area contributed by atoms with Gasteiger partial charge < -0.3 is 0 Å². The Hall–Kier alpha value is -3.86. The summed E-state index contributed by atoms with van der Waals surface area (Å²) in [6, 6.07) is 53.0. The summed E-state index contributed by atoms with van der Waals surface area (Å²) in [5.41, 5.74) is 5.22. The highest BCUT2D eigenvalue weighted by atomic mass is 31.2. The van der Waals surface area contributed by atoms with E-state index in [4.69, 9.17) is 0 Å². The number of fused-ring (bicyclic) bond motifs is 1. The maximum absolute atomic E-state index is 2.47. The Morgan fingerprint density at radius 2 is 0.735 bits per heavy atom. The largest absolute Gasteiger partial charge is 0.0622 e. The maximum Gasteiger partial charge on any atom is -0.00700 e. The van der Waals surface area contributed by atoms with Gasteiger partial charge in [0.1, 0.15) is 0 Å². The minimum Gasteiger partial charge on any atom is -0.0622 e. The van der Waals surface area contributed by atoms with E-state index in [1.807, 2.05) is 0 Å². The highest BCUT2D eigenvalue weighted by Crippen LogP contribution is 2.51. The van der Waals surface area contributed by atoms with Gasteiger partial charge in [-0.05, 0) is 56.4 Å². The first-order valence-electron chi connectivity index (χ1n) is 11.7. The third kappa shape index (κ3) is 3.31. The third-order valence-corrected chi connectivity index (χ3v) is 11.0. The molecule has 0 aliphatic heterocycles. The summed E-state index contributed by atoms with van der Waals surface area (Å²) in [7, 11) is 0. The quantitative estimate of drug-likeness (QED) is 0.268. The van der Waals surface area contributed by atoms with Crippen molar-refractivity contribution in [3.63, 3.8) is 0 Å². The summed E-state index contributed by atoms with van der Waals surface area (Å²) >= 11 is 0. The molecule has 0 aromatic heterocycles. The maximum atomic E-state index is 2.47. The van der Waals surface area contributed by atoms with E-state index in [0.29, 0.717) is 0 Å². The highest BCUT2D eigenvalue weighted by Gasteiger charge is 2.33. The topological polar surface area (TPSA) is 0 Å². The van der Waals surface area contributed by atoms with Crippen LogP contribution in [0.4, 0.5) is 0 Å². The summed E-state index contributed by atoms with van der Waals surface area (Å²) in [6.45, 7) is -2.15. The molecule has 0 heterocycles. The molecule has 0 amide bonds. The van der Waals surface area contributed by atoms with Crippen LogP contribution < -0.4 is 15.9 Å². The summed E-state index contributed by atoms with van der Waals surface area (Å²) < 4.78 is 0. The van der Waals surface area contributed by atoms with E-state index in [1.165, 1.54) is 43.5 Å². The van der Waals surface area contributed by atoms with Crippen molar-refractivity contribution < 1.29 is 0 Å². The fourth-order valence-corrected chi connectivity index (χ4v) is 9.65. The minimum absolute atomic E-state index is 1.26. The van der Waals surface area contributed by atoms with Crippen LogP contribution in [0.25, 0.3) is 5.57 Å². The Morgan fingerprint density at radius 3 is 1.21 bits per heavy atom. The molecule has 0 saturated heterocycles. The first kappa shape index (κ1) is 20.7. The molecule has 1 aliphatic carbocycles. The molecule has 0 fully saturated rings. The lowest BCUT2D eigenvalue weighted by atomic mass is 9.99. The zero-order valence-corrected chi connectivity index (χ0v) is 19.8. The smallest absolute Gasteiger partial charge is 0.00700 e. The number of benzene rings is 5. The van der Waals surface area contributed by atoms with Crippen molar-refractivity contribution in [3.8, 4) is 0 Å². The van der Waals surface area contributed by atoms with Gasteiger partial charge in [0.15, 0.2) is 0 Å². The first-order valence-corrected chi connectivity index (χ1v) is 13.5. The minimum atomic E-state index is -2.15. The highest BCUT2D eigenvalue weighted by molar-refractivity contribution is 7.96. The lowest BCUT2D eigenvalue weighted by Crippen LogP contribution is -2.29. The second-order valence-electron chi connectivity index (χ2n) is 8.53. The molecule has 162 valence electrons. The van der Waals surface area contributed by atoms with Crippen LogP contribution in [0.15, 0.2) is 152 Å². The second kappa shape index (κ2) is 8.82. The van der Waals surface area contributed by atoms with Gasteiger partial charge in [-0.2, -0.15) is 0 Å². The number of hydrogen-bond donors (Lipinski definition) is 0. The molecule has 0 N–H and O–H groups in total. The zero-order valence-electron chi connectivity index (χ0n) is 18.9. The van der Waals surface area contributed by atoms with Crippen LogP contribution in [0.5, 0.6) is 0 Å². The SMILES string of the molecule is C1=C(c2ccccc2)c2ccccc2C1=P(c1ccccc1)(c1ccccc1)c1ccccc1. The third-order valence-electron chi connectivity index (χ3n) is 6.65. The molecule has 1 aliphatic rings. The van der Waals surface area contributed by atoms with Crippen molar-refractivity contribution in [2.24, 2.45) is 0 Å². The lowest BCUT2D eigenvalue weighted by molar-refractivity contribution is 1.56. The number of allylic oxidation sites excluding steroid dienone is 1. The van der Waals surface area contributed by atoms with Crippen LogP contribution in [-0.4, -0.2) is 5.29 Å². The Bertz CT molecular complexity index is 1410. The van der Waals surface area contributed by atoms with Gasteiger partial charge in [-0.1, -0.05) is 146 Å². The van der Waals surface area contributed by atoms with Gasteiger partial charge in [0.25, 0.3) is 0 Å². The van der Waals surface area contributed by atoms with Gasteiger partial charge in [-0.3, -0.25) is 0 Å². The molecule has 34 heavy (non-hydrogen) atoms. The lowest BCUT2D eigenvalue weighted by Gasteiger charge is -2.31. The van der Waals surface area contributed by atoms with E-state index in [1.54, 1.807) is 0 Å². The summed E-state index contributed by atoms with van der Waals surface area (Å²) in [5.74, 6) is 0. The molecule has 6 rings (SSSR count). The van der Waals surface area contributed by atoms with E-state index < -0.39 is 6.89 Å². The van der Waals surface area contributed by atoms with Crippen molar-refractivity contribution in [1.82, 2.24) is 0 Å². The summed E-state index contributed by atoms with van der Waals surface area (Å²) in [5, 5.41) is 5.55. The molecule has 0 unspecified atom stereocenters. The van der Waals surface area contributed by atoms with Crippen LogP contribution in [0.1, 0.15) is 16.7 Å². The predicted molar refractivity (Wildman–Crippen MR) is 149 cm³/mol. The van der Waals surface area contributed by atoms with Crippen molar-refractivity contribution in [1.29, 1.82) is 0 Å². The molecular formula is C33H25P. The Balaban J connectivity index is 1.84. The normalized spacial score (nSPS) is 12.8. The molecule has 5 aromatic carbocycles. The molecule has 5 aromatic rings.